The van der Waals surface area contributed by atoms with E-state index >= 15 is 0 Å². The molecular weight excluding hydrogens is 390 g/mol. The molecule has 1 fully saturated rings. The minimum Gasteiger partial charge on any atom is -0.464 e. The fourth-order valence-electron chi connectivity index (χ4n) is 3.55. The third kappa shape index (κ3) is 5.03. The first-order valence-corrected chi connectivity index (χ1v) is 11.4. The van der Waals surface area contributed by atoms with Crippen molar-refractivity contribution >= 4 is 21.7 Å². The Hall–Kier alpha value is -2.67. The average Bonchev–Trinajstić information content (AvgIpc) is 2.74. The maximum absolute atomic E-state index is 13.1. The molecule has 1 aliphatic heterocycles. The van der Waals surface area contributed by atoms with Gasteiger partial charge in [-0.05, 0) is 56.0 Å². The van der Waals surface area contributed by atoms with Gasteiger partial charge in [-0.15, -0.1) is 0 Å². The van der Waals surface area contributed by atoms with Crippen LogP contribution in [0.2, 0.25) is 0 Å². The molecule has 2 aromatic carbocycles. The van der Waals surface area contributed by atoms with Gasteiger partial charge in [0.05, 0.1) is 17.3 Å². The number of hydrogen-bond acceptors (Lipinski definition) is 5. The molecular formula is C22H25NO5S. The lowest BCUT2D eigenvalue weighted by molar-refractivity contribution is -0.149. The predicted molar refractivity (Wildman–Crippen MR) is 109 cm³/mol. The molecule has 0 N–H and O–H groups in total. The number of nitrogens with zero attached hydrogens (tertiary/aromatic N) is 1. The normalized spacial score (nSPS) is 17.0. The minimum atomic E-state index is -3.51. The Kier molecular flexibility index (Phi) is 6.69. The second-order valence-electron chi connectivity index (χ2n) is 7.03. The summed E-state index contributed by atoms with van der Waals surface area (Å²) in [5.74, 6) is -0.857. The van der Waals surface area contributed by atoms with E-state index in [9.17, 15) is 18.0 Å². The Morgan fingerprint density at radius 2 is 1.83 bits per heavy atom. The molecule has 0 aliphatic carbocycles. The number of sulfone groups is 1. The Morgan fingerprint density at radius 3 is 2.55 bits per heavy atom. The van der Waals surface area contributed by atoms with Gasteiger partial charge in [0.25, 0.3) is 5.91 Å². The topological polar surface area (TPSA) is 80.8 Å². The number of hydrogen-bond donors (Lipinski definition) is 0. The highest BCUT2D eigenvalue weighted by Crippen LogP contribution is 2.22. The van der Waals surface area contributed by atoms with E-state index in [-0.39, 0.29) is 29.1 Å². The Balaban J connectivity index is 1.81. The van der Waals surface area contributed by atoms with Crippen LogP contribution in [-0.2, 0) is 25.1 Å². The van der Waals surface area contributed by atoms with Crippen molar-refractivity contribution in [3.8, 4) is 0 Å². The molecule has 0 spiro atoms. The summed E-state index contributed by atoms with van der Waals surface area (Å²) < 4.78 is 30.4. The molecule has 1 aliphatic rings. The molecule has 6 nitrogen and oxygen atoms in total. The molecule has 1 heterocycles. The summed E-state index contributed by atoms with van der Waals surface area (Å²) in [6.45, 7) is 2.49. The van der Waals surface area contributed by atoms with Crippen LogP contribution in [0.1, 0.15) is 42.1 Å². The predicted octanol–water partition coefficient (Wildman–Crippen LogP) is 3.22. The van der Waals surface area contributed by atoms with E-state index in [4.69, 9.17) is 4.74 Å². The number of rotatable bonds is 6. The molecule has 2 aromatic rings. The summed E-state index contributed by atoms with van der Waals surface area (Å²) >= 11 is 0. The summed E-state index contributed by atoms with van der Waals surface area (Å²) in [7, 11) is -3.51. The lowest BCUT2D eigenvalue weighted by Crippen LogP contribution is -2.48. The van der Waals surface area contributed by atoms with Crippen molar-refractivity contribution in [1.29, 1.82) is 0 Å². The van der Waals surface area contributed by atoms with E-state index in [1.165, 1.54) is 0 Å². The molecule has 1 atom stereocenters. The van der Waals surface area contributed by atoms with Crippen LogP contribution in [0.15, 0.2) is 59.5 Å². The molecule has 0 bridgehead atoms. The number of piperidine rings is 1. The lowest BCUT2D eigenvalue weighted by Gasteiger charge is -2.34. The fraction of sp³-hybridized carbons (Fsp3) is 0.364. The molecule has 0 aromatic heterocycles. The summed E-state index contributed by atoms with van der Waals surface area (Å²) in [5, 5.41) is 0. The number of amides is 1. The van der Waals surface area contributed by atoms with Crippen molar-refractivity contribution < 1.29 is 22.7 Å². The number of ether oxygens (including phenoxy) is 1. The first kappa shape index (κ1) is 21.0. The van der Waals surface area contributed by atoms with E-state index in [0.717, 1.165) is 12.8 Å². The molecule has 1 saturated heterocycles. The fourth-order valence-corrected chi connectivity index (χ4v) is 4.91. The van der Waals surface area contributed by atoms with Crippen LogP contribution in [0.4, 0.5) is 0 Å². The van der Waals surface area contributed by atoms with Crippen LogP contribution in [-0.4, -0.2) is 44.4 Å². The van der Waals surface area contributed by atoms with Gasteiger partial charge in [-0.1, -0.05) is 30.3 Å². The van der Waals surface area contributed by atoms with Gasteiger partial charge in [0.15, 0.2) is 9.84 Å². The Bertz CT molecular complexity index is 972. The lowest BCUT2D eigenvalue weighted by atomic mass is 10.0. The highest BCUT2D eigenvalue weighted by molar-refractivity contribution is 7.90. The molecule has 1 unspecified atom stereocenters. The number of carbonyl (C=O) groups excluding carboxylic acids is 2. The van der Waals surface area contributed by atoms with E-state index in [0.29, 0.717) is 24.1 Å². The third-order valence-electron chi connectivity index (χ3n) is 4.96. The maximum Gasteiger partial charge on any atom is 0.328 e. The Morgan fingerprint density at radius 1 is 1.07 bits per heavy atom. The van der Waals surface area contributed by atoms with Crippen molar-refractivity contribution in [1.82, 2.24) is 4.90 Å². The molecule has 29 heavy (non-hydrogen) atoms. The number of carbonyl (C=O) groups is 2. The van der Waals surface area contributed by atoms with Crippen LogP contribution in [0.3, 0.4) is 0 Å². The van der Waals surface area contributed by atoms with Crippen LogP contribution in [0.5, 0.6) is 0 Å². The second kappa shape index (κ2) is 9.22. The molecule has 3 rings (SSSR count). The van der Waals surface area contributed by atoms with Crippen molar-refractivity contribution in [2.45, 2.75) is 42.9 Å². The first-order valence-electron chi connectivity index (χ1n) is 9.76. The summed E-state index contributed by atoms with van der Waals surface area (Å²) in [6.07, 6.45) is 2.26. The smallest absolute Gasteiger partial charge is 0.328 e. The molecule has 0 radical (unpaired) electrons. The van der Waals surface area contributed by atoms with Gasteiger partial charge in [-0.3, -0.25) is 4.79 Å². The van der Waals surface area contributed by atoms with E-state index in [1.807, 2.05) is 0 Å². The molecule has 0 saturated carbocycles. The van der Waals surface area contributed by atoms with Gasteiger partial charge < -0.3 is 9.64 Å². The molecule has 7 heteroatoms. The standard InChI is InChI=1S/C22H25NO5S/c1-2-28-22(25)20-13-6-7-14-23(20)21(24)18-10-8-9-17(15-18)16-29(26,27)19-11-4-3-5-12-19/h3-5,8-12,15,20H,2,6-7,13-14,16H2,1H3. The summed E-state index contributed by atoms with van der Waals surface area (Å²) in [6, 6.07) is 14.3. The zero-order valence-electron chi connectivity index (χ0n) is 16.4. The van der Waals surface area contributed by atoms with E-state index < -0.39 is 15.9 Å². The van der Waals surface area contributed by atoms with Crippen molar-refractivity contribution in [2.75, 3.05) is 13.2 Å². The quantitative estimate of drug-likeness (QED) is 0.677. The van der Waals surface area contributed by atoms with Gasteiger partial charge in [0, 0.05) is 12.1 Å². The highest BCUT2D eigenvalue weighted by atomic mass is 32.2. The monoisotopic (exact) mass is 415 g/mol. The number of likely N-dealkylation sites (tertiary alicyclic amines) is 1. The minimum absolute atomic E-state index is 0.195. The van der Waals surface area contributed by atoms with E-state index in [1.54, 1.807) is 66.4 Å². The maximum atomic E-state index is 13.1. The SMILES string of the molecule is CCOC(=O)C1CCCCN1C(=O)c1cccc(CS(=O)(=O)c2ccccc2)c1. The zero-order chi connectivity index (χ0) is 20.9. The Labute approximate surface area is 171 Å². The van der Waals surface area contributed by atoms with Gasteiger partial charge in [-0.2, -0.15) is 0 Å². The molecule has 1 amide bonds. The number of esters is 1. The van der Waals surface area contributed by atoms with E-state index in [2.05, 4.69) is 0 Å². The first-order chi connectivity index (χ1) is 13.9. The third-order valence-corrected chi connectivity index (χ3v) is 6.66. The van der Waals surface area contributed by atoms with Gasteiger partial charge in [0.2, 0.25) is 0 Å². The number of benzene rings is 2. The van der Waals surface area contributed by atoms with Crippen LogP contribution in [0, 0.1) is 0 Å². The van der Waals surface area contributed by atoms with Gasteiger partial charge in [0.1, 0.15) is 6.04 Å². The van der Waals surface area contributed by atoms with Gasteiger partial charge in [-0.25, -0.2) is 13.2 Å². The summed E-state index contributed by atoms with van der Waals surface area (Å²) in [4.78, 5) is 27.1. The van der Waals surface area contributed by atoms with Crippen LogP contribution < -0.4 is 0 Å². The molecule has 154 valence electrons. The zero-order valence-corrected chi connectivity index (χ0v) is 17.2. The second-order valence-corrected chi connectivity index (χ2v) is 9.02. The van der Waals surface area contributed by atoms with Gasteiger partial charge >= 0.3 is 5.97 Å². The van der Waals surface area contributed by atoms with Crippen molar-refractivity contribution in [2.24, 2.45) is 0 Å². The van der Waals surface area contributed by atoms with Crippen molar-refractivity contribution in [3.63, 3.8) is 0 Å². The summed E-state index contributed by atoms with van der Waals surface area (Å²) in [5.41, 5.74) is 0.909. The highest BCUT2D eigenvalue weighted by Gasteiger charge is 2.33. The largest absolute Gasteiger partial charge is 0.464 e. The average molecular weight is 416 g/mol. The van der Waals surface area contributed by atoms with Crippen LogP contribution in [0.25, 0.3) is 0 Å². The van der Waals surface area contributed by atoms with Crippen molar-refractivity contribution in [3.05, 3.63) is 65.7 Å². The van der Waals surface area contributed by atoms with Crippen LogP contribution >= 0.6 is 0 Å².